The molecule has 2 heterocycles. The molecule has 0 aliphatic carbocycles. The normalized spacial score (nSPS) is 17.5. The Morgan fingerprint density at radius 1 is 1.33 bits per heavy atom. The number of aryl methyl sites for hydroxylation is 1. The van der Waals surface area contributed by atoms with Crippen LogP contribution in [0.15, 0.2) is 12.3 Å². The Morgan fingerprint density at radius 2 is 2.00 bits per heavy atom. The van der Waals surface area contributed by atoms with E-state index in [1.165, 1.54) is 4.90 Å². The second kappa shape index (κ2) is 5.20. The minimum Gasteiger partial charge on any atom is -0.382 e. The van der Waals surface area contributed by atoms with Gasteiger partial charge in [-0.15, -0.1) is 0 Å². The number of nitrogens with zero attached hydrogens (tertiary/aromatic N) is 3. The van der Waals surface area contributed by atoms with E-state index in [1.807, 2.05) is 6.92 Å². The molecule has 0 saturated carbocycles. The van der Waals surface area contributed by atoms with Crippen LogP contribution in [0.1, 0.15) is 26.2 Å². The number of rotatable bonds is 4. The number of carbonyl (C=O) groups excluding carboxylic acids is 2. The number of piperidine rings is 1. The number of carbonyl (C=O) groups is 2. The number of aromatic nitrogens is 2. The molecule has 0 atom stereocenters. The summed E-state index contributed by atoms with van der Waals surface area (Å²) in [6.07, 6.45) is 3.44. The van der Waals surface area contributed by atoms with Crippen LogP contribution in [0.2, 0.25) is 0 Å². The quantitative estimate of drug-likeness (QED) is 0.795. The molecule has 1 aliphatic heterocycles. The summed E-state index contributed by atoms with van der Waals surface area (Å²) in [7, 11) is 0. The van der Waals surface area contributed by atoms with Gasteiger partial charge >= 0.3 is 0 Å². The summed E-state index contributed by atoms with van der Waals surface area (Å²) in [5.41, 5.74) is 5.50. The number of anilines is 1. The molecule has 1 saturated heterocycles. The van der Waals surface area contributed by atoms with E-state index in [-0.39, 0.29) is 17.7 Å². The molecule has 6 nitrogen and oxygen atoms in total. The minimum atomic E-state index is -0.0567. The molecule has 98 valence electrons. The Morgan fingerprint density at radius 3 is 2.56 bits per heavy atom. The standard InChI is InChI=1S/C12H18N4O2/c1-9-7-11(17)16(12(18)8-9)5-2-4-15-6-3-10(13)14-15/h3,6,9H,2,4-5,7-8H2,1H3,(H2,13,14). The molecule has 1 aromatic heterocycles. The zero-order chi connectivity index (χ0) is 13.1. The first-order valence-corrected chi connectivity index (χ1v) is 6.18. The smallest absolute Gasteiger partial charge is 0.229 e. The molecule has 0 radical (unpaired) electrons. The van der Waals surface area contributed by atoms with Crippen LogP contribution in [0, 0.1) is 5.92 Å². The van der Waals surface area contributed by atoms with E-state index in [0.717, 1.165) is 0 Å². The molecule has 0 unspecified atom stereocenters. The van der Waals surface area contributed by atoms with Gasteiger partial charge in [0, 0.05) is 32.1 Å². The summed E-state index contributed by atoms with van der Waals surface area (Å²) in [5.74, 6) is 0.540. The fraction of sp³-hybridized carbons (Fsp3) is 0.583. The van der Waals surface area contributed by atoms with E-state index in [1.54, 1.807) is 16.9 Å². The highest BCUT2D eigenvalue weighted by Gasteiger charge is 2.29. The second-order valence-electron chi connectivity index (χ2n) is 4.81. The number of nitrogen functional groups attached to an aromatic ring is 1. The van der Waals surface area contributed by atoms with E-state index in [9.17, 15) is 9.59 Å². The summed E-state index contributed by atoms with van der Waals surface area (Å²) >= 11 is 0. The lowest BCUT2D eigenvalue weighted by atomic mass is 9.98. The lowest BCUT2D eigenvalue weighted by Gasteiger charge is -2.28. The van der Waals surface area contributed by atoms with Gasteiger partial charge in [0.1, 0.15) is 5.82 Å². The van der Waals surface area contributed by atoms with Gasteiger partial charge in [-0.25, -0.2) is 0 Å². The van der Waals surface area contributed by atoms with Gasteiger partial charge in [0.15, 0.2) is 0 Å². The Bertz CT molecular complexity index is 437. The van der Waals surface area contributed by atoms with E-state index in [2.05, 4.69) is 5.10 Å². The first-order valence-electron chi connectivity index (χ1n) is 6.18. The summed E-state index contributed by atoms with van der Waals surface area (Å²) < 4.78 is 1.72. The lowest BCUT2D eigenvalue weighted by Crippen LogP contribution is -2.43. The topological polar surface area (TPSA) is 81.2 Å². The third kappa shape index (κ3) is 2.88. The Kier molecular flexibility index (Phi) is 3.64. The largest absolute Gasteiger partial charge is 0.382 e. The summed E-state index contributed by atoms with van der Waals surface area (Å²) in [5, 5.41) is 4.05. The SMILES string of the molecule is CC1CC(=O)N(CCCn2ccc(N)n2)C(=O)C1. The van der Waals surface area contributed by atoms with Gasteiger partial charge in [-0.1, -0.05) is 6.92 Å². The van der Waals surface area contributed by atoms with Gasteiger partial charge in [-0.05, 0) is 18.4 Å². The van der Waals surface area contributed by atoms with Gasteiger partial charge in [-0.2, -0.15) is 5.10 Å². The molecule has 2 amide bonds. The highest BCUT2D eigenvalue weighted by atomic mass is 16.2. The van der Waals surface area contributed by atoms with Gasteiger partial charge < -0.3 is 5.73 Å². The van der Waals surface area contributed by atoms with Crippen LogP contribution in [0.4, 0.5) is 5.82 Å². The zero-order valence-corrected chi connectivity index (χ0v) is 10.5. The third-order valence-electron chi connectivity index (χ3n) is 3.08. The summed E-state index contributed by atoms with van der Waals surface area (Å²) in [4.78, 5) is 24.8. The first kappa shape index (κ1) is 12.6. The number of likely N-dealkylation sites (tertiary alicyclic amines) is 1. The average Bonchev–Trinajstić information content (AvgIpc) is 2.68. The van der Waals surface area contributed by atoms with Crippen molar-refractivity contribution in [1.29, 1.82) is 0 Å². The van der Waals surface area contributed by atoms with Crippen LogP contribution in [-0.4, -0.2) is 33.0 Å². The Labute approximate surface area is 106 Å². The molecule has 0 bridgehead atoms. The highest BCUT2D eigenvalue weighted by molar-refractivity contribution is 5.97. The van der Waals surface area contributed by atoms with Gasteiger partial charge in [-0.3, -0.25) is 19.2 Å². The number of amides is 2. The maximum Gasteiger partial charge on any atom is 0.229 e. The van der Waals surface area contributed by atoms with E-state index in [4.69, 9.17) is 5.73 Å². The molecule has 0 spiro atoms. The van der Waals surface area contributed by atoms with E-state index >= 15 is 0 Å². The monoisotopic (exact) mass is 250 g/mol. The zero-order valence-electron chi connectivity index (χ0n) is 10.5. The van der Waals surface area contributed by atoms with E-state index in [0.29, 0.717) is 38.2 Å². The maximum atomic E-state index is 11.7. The minimum absolute atomic E-state index is 0.0567. The van der Waals surface area contributed by atoms with Crippen molar-refractivity contribution in [3.05, 3.63) is 12.3 Å². The Hall–Kier alpha value is -1.85. The molecule has 0 aromatic carbocycles. The van der Waals surface area contributed by atoms with Crippen LogP contribution in [-0.2, 0) is 16.1 Å². The van der Waals surface area contributed by atoms with Crippen LogP contribution in [0.3, 0.4) is 0 Å². The van der Waals surface area contributed by atoms with Gasteiger partial charge in [0.05, 0.1) is 0 Å². The van der Waals surface area contributed by atoms with Crippen molar-refractivity contribution in [2.24, 2.45) is 5.92 Å². The average molecular weight is 250 g/mol. The molecule has 2 N–H and O–H groups in total. The van der Waals surface area contributed by atoms with Crippen molar-refractivity contribution < 1.29 is 9.59 Å². The van der Waals surface area contributed by atoms with Crippen molar-refractivity contribution in [2.45, 2.75) is 32.7 Å². The molecule has 1 aromatic rings. The molecule has 18 heavy (non-hydrogen) atoms. The molecular formula is C12H18N4O2. The van der Waals surface area contributed by atoms with Crippen molar-refractivity contribution in [1.82, 2.24) is 14.7 Å². The predicted molar refractivity (Wildman–Crippen MR) is 66.4 cm³/mol. The maximum absolute atomic E-state index is 11.7. The number of imide groups is 1. The fourth-order valence-corrected chi connectivity index (χ4v) is 2.17. The number of hydrogen-bond acceptors (Lipinski definition) is 4. The van der Waals surface area contributed by atoms with E-state index < -0.39 is 0 Å². The first-order chi connectivity index (χ1) is 8.56. The van der Waals surface area contributed by atoms with Gasteiger partial charge in [0.25, 0.3) is 0 Å². The van der Waals surface area contributed by atoms with Crippen molar-refractivity contribution in [3.8, 4) is 0 Å². The summed E-state index contributed by atoms with van der Waals surface area (Å²) in [6.45, 7) is 3.05. The molecule has 1 aliphatic rings. The van der Waals surface area contributed by atoms with Gasteiger partial charge in [0.2, 0.25) is 11.8 Å². The third-order valence-corrected chi connectivity index (χ3v) is 3.08. The fourth-order valence-electron chi connectivity index (χ4n) is 2.17. The number of nitrogens with two attached hydrogens (primary N) is 1. The lowest BCUT2D eigenvalue weighted by molar-refractivity contribution is -0.149. The molecule has 1 fully saturated rings. The molecule has 2 rings (SSSR count). The van der Waals surface area contributed by atoms with Crippen molar-refractivity contribution in [2.75, 3.05) is 12.3 Å². The predicted octanol–water partition coefficient (Wildman–Crippen LogP) is 0.640. The molecular weight excluding hydrogens is 232 g/mol. The van der Waals surface area contributed by atoms with Crippen LogP contribution in [0.5, 0.6) is 0 Å². The van der Waals surface area contributed by atoms with Crippen molar-refractivity contribution >= 4 is 17.6 Å². The number of hydrogen-bond donors (Lipinski definition) is 1. The van der Waals surface area contributed by atoms with Crippen LogP contribution < -0.4 is 5.73 Å². The summed E-state index contributed by atoms with van der Waals surface area (Å²) in [6, 6.07) is 1.72. The van der Waals surface area contributed by atoms with Crippen LogP contribution >= 0.6 is 0 Å². The highest BCUT2D eigenvalue weighted by Crippen LogP contribution is 2.18. The second-order valence-corrected chi connectivity index (χ2v) is 4.81. The molecule has 6 heteroatoms. The Balaban J connectivity index is 1.82. The van der Waals surface area contributed by atoms with Crippen molar-refractivity contribution in [3.63, 3.8) is 0 Å². The van der Waals surface area contributed by atoms with Crippen LogP contribution in [0.25, 0.3) is 0 Å².